The second-order valence-electron chi connectivity index (χ2n) is 7.07. The molecule has 3 aromatic rings. The van der Waals surface area contributed by atoms with Gasteiger partial charge in [-0.15, -0.1) is 0 Å². The van der Waals surface area contributed by atoms with E-state index in [1.54, 1.807) is 12.3 Å². The monoisotopic (exact) mass is 361 g/mol. The van der Waals surface area contributed by atoms with Crippen LogP contribution in [0, 0.1) is 0 Å². The zero-order valence-electron chi connectivity index (χ0n) is 15.4. The van der Waals surface area contributed by atoms with E-state index in [-0.39, 0.29) is 5.91 Å². The van der Waals surface area contributed by atoms with Crippen molar-refractivity contribution in [2.45, 2.75) is 19.0 Å². The zero-order valence-corrected chi connectivity index (χ0v) is 15.4. The minimum atomic E-state index is 0.0943. The van der Waals surface area contributed by atoms with Crippen molar-refractivity contribution in [3.8, 4) is 0 Å². The van der Waals surface area contributed by atoms with Crippen molar-refractivity contribution in [1.29, 1.82) is 0 Å². The van der Waals surface area contributed by atoms with Crippen molar-refractivity contribution in [2.24, 2.45) is 0 Å². The first-order valence-electron chi connectivity index (χ1n) is 9.16. The van der Waals surface area contributed by atoms with Crippen LogP contribution in [0.5, 0.6) is 0 Å². The normalized spacial score (nSPS) is 17.0. The van der Waals surface area contributed by atoms with Crippen LogP contribution in [0.1, 0.15) is 22.6 Å². The quantitative estimate of drug-likeness (QED) is 0.773. The molecule has 1 amide bonds. The number of carbonyl (C=O) groups excluding carboxylic acids is 1. The van der Waals surface area contributed by atoms with Crippen LogP contribution in [0.15, 0.2) is 54.7 Å². The standard InChI is InChI=1S/C21H23N5O/c1-25(14-20-23-10-8-19(22)24-20)18-9-11-26(13-18)21(27)17-7-6-15-4-2-3-5-16(15)12-17/h2-8,10,12,18H,9,11,13-14H2,1H3,(H2,22,23,24). The lowest BCUT2D eigenvalue weighted by molar-refractivity contribution is 0.0779. The number of likely N-dealkylation sites (N-methyl/N-ethyl adjacent to an activating group) is 1. The third kappa shape index (κ3) is 3.75. The number of likely N-dealkylation sites (tertiary alicyclic amines) is 1. The fraction of sp³-hybridized carbons (Fsp3) is 0.286. The molecule has 6 heteroatoms. The smallest absolute Gasteiger partial charge is 0.253 e. The van der Waals surface area contributed by atoms with Crippen LogP contribution in [0.2, 0.25) is 0 Å². The van der Waals surface area contributed by atoms with Gasteiger partial charge in [-0.1, -0.05) is 30.3 Å². The van der Waals surface area contributed by atoms with E-state index in [0.29, 0.717) is 30.8 Å². The molecule has 4 rings (SSSR count). The van der Waals surface area contributed by atoms with E-state index in [4.69, 9.17) is 5.73 Å². The highest BCUT2D eigenvalue weighted by Crippen LogP contribution is 2.21. The molecule has 1 unspecified atom stereocenters. The average molecular weight is 361 g/mol. The molecule has 0 radical (unpaired) electrons. The van der Waals surface area contributed by atoms with Gasteiger partial charge in [0.05, 0.1) is 6.54 Å². The molecule has 0 aliphatic carbocycles. The van der Waals surface area contributed by atoms with Crippen LogP contribution in [0.25, 0.3) is 10.8 Å². The van der Waals surface area contributed by atoms with Crippen molar-refractivity contribution in [3.05, 3.63) is 66.1 Å². The SMILES string of the molecule is CN(Cc1nccc(N)n1)C1CCN(C(=O)c2ccc3ccccc3c2)C1. The van der Waals surface area contributed by atoms with E-state index in [2.05, 4.69) is 20.9 Å². The maximum absolute atomic E-state index is 12.9. The summed E-state index contributed by atoms with van der Waals surface area (Å²) in [5, 5.41) is 2.24. The molecule has 27 heavy (non-hydrogen) atoms. The number of anilines is 1. The maximum atomic E-state index is 12.9. The molecule has 1 aliphatic rings. The molecule has 0 saturated carbocycles. The molecular weight excluding hydrogens is 338 g/mol. The summed E-state index contributed by atoms with van der Waals surface area (Å²) in [5.74, 6) is 1.28. The Labute approximate surface area is 158 Å². The van der Waals surface area contributed by atoms with E-state index in [1.807, 2.05) is 48.3 Å². The van der Waals surface area contributed by atoms with E-state index in [9.17, 15) is 4.79 Å². The average Bonchev–Trinajstić information content (AvgIpc) is 3.17. The number of nitrogens with two attached hydrogens (primary N) is 1. The summed E-state index contributed by atoms with van der Waals surface area (Å²) in [6.45, 7) is 2.09. The third-order valence-electron chi connectivity index (χ3n) is 5.19. The Hall–Kier alpha value is -2.99. The molecule has 0 spiro atoms. The number of nitrogen functional groups attached to an aromatic ring is 1. The van der Waals surface area contributed by atoms with Crippen LogP contribution < -0.4 is 5.73 Å². The summed E-state index contributed by atoms with van der Waals surface area (Å²) in [6, 6.07) is 16.0. The van der Waals surface area contributed by atoms with Crippen molar-refractivity contribution < 1.29 is 4.79 Å². The van der Waals surface area contributed by atoms with Gasteiger partial charge in [0.1, 0.15) is 11.6 Å². The highest BCUT2D eigenvalue weighted by atomic mass is 16.2. The first-order valence-corrected chi connectivity index (χ1v) is 9.16. The summed E-state index contributed by atoms with van der Waals surface area (Å²) in [5.41, 5.74) is 6.48. The Morgan fingerprint density at radius 1 is 1.22 bits per heavy atom. The van der Waals surface area contributed by atoms with Gasteiger partial charge in [-0.3, -0.25) is 9.69 Å². The van der Waals surface area contributed by atoms with Gasteiger partial charge >= 0.3 is 0 Å². The second kappa shape index (κ2) is 7.32. The minimum absolute atomic E-state index is 0.0943. The van der Waals surface area contributed by atoms with Crippen LogP contribution >= 0.6 is 0 Å². The summed E-state index contributed by atoms with van der Waals surface area (Å²) in [4.78, 5) is 25.6. The Morgan fingerprint density at radius 3 is 2.85 bits per heavy atom. The second-order valence-corrected chi connectivity index (χ2v) is 7.07. The minimum Gasteiger partial charge on any atom is -0.384 e. The number of benzene rings is 2. The Morgan fingerprint density at radius 2 is 2.04 bits per heavy atom. The number of carbonyl (C=O) groups is 1. The first-order chi connectivity index (χ1) is 13.1. The number of fused-ring (bicyclic) bond motifs is 1. The van der Waals surface area contributed by atoms with E-state index < -0.39 is 0 Å². The van der Waals surface area contributed by atoms with Crippen molar-refractivity contribution in [2.75, 3.05) is 25.9 Å². The summed E-state index contributed by atoms with van der Waals surface area (Å²) in [6.07, 6.45) is 2.62. The van der Waals surface area contributed by atoms with Gasteiger partial charge in [0, 0.05) is 30.9 Å². The maximum Gasteiger partial charge on any atom is 0.253 e. The predicted molar refractivity (Wildman–Crippen MR) is 106 cm³/mol. The van der Waals surface area contributed by atoms with Gasteiger partial charge in [-0.05, 0) is 42.4 Å². The Kier molecular flexibility index (Phi) is 4.73. The van der Waals surface area contributed by atoms with Crippen molar-refractivity contribution in [3.63, 3.8) is 0 Å². The van der Waals surface area contributed by atoms with Gasteiger partial charge in [0.2, 0.25) is 0 Å². The van der Waals surface area contributed by atoms with E-state index in [1.165, 1.54) is 0 Å². The summed E-state index contributed by atoms with van der Waals surface area (Å²) >= 11 is 0. The highest BCUT2D eigenvalue weighted by Gasteiger charge is 2.29. The highest BCUT2D eigenvalue weighted by molar-refractivity contribution is 5.98. The molecule has 2 N–H and O–H groups in total. The van der Waals surface area contributed by atoms with Crippen LogP contribution in [-0.2, 0) is 6.54 Å². The molecule has 1 aromatic heterocycles. The molecule has 6 nitrogen and oxygen atoms in total. The number of aromatic nitrogens is 2. The predicted octanol–water partition coefficient (Wildman–Crippen LogP) is 2.56. The molecular formula is C21H23N5O. The molecule has 138 valence electrons. The topological polar surface area (TPSA) is 75.4 Å². The van der Waals surface area contributed by atoms with Crippen LogP contribution in [0.3, 0.4) is 0 Å². The van der Waals surface area contributed by atoms with Crippen molar-refractivity contribution in [1.82, 2.24) is 19.8 Å². The molecule has 0 bridgehead atoms. The first kappa shape index (κ1) is 17.4. The van der Waals surface area contributed by atoms with E-state index in [0.717, 1.165) is 29.3 Å². The Balaban J connectivity index is 1.42. The number of amides is 1. The fourth-order valence-electron chi connectivity index (χ4n) is 3.63. The molecule has 1 fully saturated rings. The largest absolute Gasteiger partial charge is 0.384 e. The molecule has 1 saturated heterocycles. The van der Waals surface area contributed by atoms with Gasteiger partial charge in [-0.2, -0.15) is 0 Å². The lowest BCUT2D eigenvalue weighted by Gasteiger charge is -2.24. The van der Waals surface area contributed by atoms with Gasteiger partial charge in [-0.25, -0.2) is 9.97 Å². The number of rotatable bonds is 4. The molecule has 2 aromatic carbocycles. The molecule has 1 aliphatic heterocycles. The van der Waals surface area contributed by atoms with Gasteiger partial charge in [0.15, 0.2) is 0 Å². The van der Waals surface area contributed by atoms with Crippen LogP contribution in [0.4, 0.5) is 5.82 Å². The Bertz CT molecular complexity index is 973. The third-order valence-corrected chi connectivity index (χ3v) is 5.19. The summed E-state index contributed by atoms with van der Waals surface area (Å²) in [7, 11) is 2.04. The zero-order chi connectivity index (χ0) is 18.8. The molecule has 1 atom stereocenters. The lowest BCUT2D eigenvalue weighted by atomic mass is 10.1. The lowest BCUT2D eigenvalue weighted by Crippen LogP contribution is -2.36. The fourth-order valence-corrected chi connectivity index (χ4v) is 3.63. The number of hydrogen-bond acceptors (Lipinski definition) is 5. The van der Waals surface area contributed by atoms with Gasteiger partial charge in [0.25, 0.3) is 5.91 Å². The van der Waals surface area contributed by atoms with Crippen molar-refractivity contribution >= 4 is 22.5 Å². The molecule has 2 heterocycles. The van der Waals surface area contributed by atoms with Gasteiger partial charge < -0.3 is 10.6 Å². The number of hydrogen-bond donors (Lipinski definition) is 1. The van der Waals surface area contributed by atoms with Crippen LogP contribution in [-0.4, -0.2) is 51.9 Å². The van der Waals surface area contributed by atoms with E-state index >= 15 is 0 Å². The number of nitrogens with zero attached hydrogens (tertiary/aromatic N) is 4. The summed E-state index contributed by atoms with van der Waals surface area (Å²) < 4.78 is 0.